The van der Waals surface area contributed by atoms with Crippen LogP contribution in [0.25, 0.3) is 0 Å². The van der Waals surface area contributed by atoms with Crippen LogP contribution in [-0.2, 0) is 14.4 Å². The molecule has 0 spiro atoms. The monoisotopic (exact) mass is 212 g/mol. The maximum Gasteiger partial charge on any atom is 0.229 e. The van der Waals surface area contributed by atoms with Gasteiger partial charge in [-0.2, -0.15) is 0 Å². The number of likely N-dealkylation sites (tertiary alicyclic amines) is 1. The molecule has 1 heterocycles. The number of nitrogens with one attached hydrogen (secondary N) is 1. The normalized spacial score (nSPS) is 16.3. The molecule has 1 fully saturated rings. The Labute approximate surface area is 88.8 Å². The van der Waals surface area contributed by atoms with Gasteiger partial charge >= 0.3 is 0 Å². The van der Waals surface area contributed by atoms with Crippen molar-refractivity contribution in [2.24, 2.45) is 0 Å². The predicted molar refractivity (Wildman–Crippen MR) is 53.8 cm³/mol. The van der Waals surface area contributed by atoms with Crippen LogP contribution in [0.15, 0.2) is 0 Å². The smallest absolute Gasteiger partial charge is 0.229 e. The largest absolute Gasteiger partial charge is 0.354 e. The molecule has 5 heteroatoms. The van der Waals surface area contributed by atoms with E-state index in [1.54, 1.807) is 0 Å². The van der Waals surface area contributed by atoms with E-state index in [9.17, 15) is 14.4 Å². The quantitative estimate of drug-likeness (QED) is 0.669. The van der Waals surface area contributed by atoms with E-state index in [2.05, 4.69) is 5.32 Å². The van der Waals surface area contributed by atoms with E-state index in [1.807, 2.05) is 13.8 Å². The summed E-state index contributed by atoms with van der Waals surface area (Å²) in [6.45, 7) is 3.93. The maximum atomic E-state index is 11.3. The van der Waals surface area contributed by atoms with Crippen molar-refractivity contribution in [3.8, 4) is 0 Å². The summed E-state index contributed by atoms with van der Waals surface area (Å²) in [5.41, 5.74) is 0. The van der Waals surface area contributed by atoms with Gasteiger partial charge in [0.2, 0.25) is 17.7 Å². The van der Waals surface area contributed by atoms with E-state index >= 15 is 0 Å². The molecule has 5 nitrogen and oxygen atoms in total. The molecule has 0 radical (unpaired) electrons. The first-order valence-corrected chi connectivity index (χ1v) is 5.13. The van der Waals surface area contributed by atoms with E-state index in [0.29, 0.717) is 0 Å². The molecule has 0 unspecified atom stereocenters. The Morgan fingerprint density at radius 3 is 2.33 bits per heavy atom. The molecule has 0 bridgehead atoms. The van der Waals surface area contributed by atoms with Crippen molar-refractivity contribution < 1.29 is 14.4 Å². The number of carbonyl (C=O) groups excluding carboxylic acids is 3. The van der Waals surface area contributed by atoms with Crippen molar-refractivity contribution in [2.45, 2.75) is 39.2 Å². The van der Waals surface area contributed by atoms with Gasteiger partial charge in [-0.05, 0) is 13.8 Å². The Hall–Kier alpha value is -1.39. The van der Waals surface area contributed by atoms with Gasteiger partial charge in [-0.3, -0.25) is 19.3 Å². The number of hydrogen-bond acceptors (Lipinski definition) is 3. The lowest BCUT2D eigenvalue weighted by atomic mass is 10.3. The second-order valence-electron chi connectivity index (χ2n) is 3.91. The molecule has 0 saturated carbocycles. The predicted octanol–water partition coefficient (Wildman–Crippen LogP) is 0.0501. The molecule has 0 atom stereocenters. The lowest BCUT2D eigenvalue weighted by Gasteiger charge is -2.14. The summed E-state index contributed by atoms with van der Waals surface area (Å²) >= 11 is 0. The Morgan fingerprint density at radius 1 is 1.33 bits per heavy atom. The van der Waals surface area contributed by atoms with Crippen molar-refractivity contribution in [1.82, 2.24) is 10.2 Å². The van der Waals surface area contributed by atoms with Crippen LogP contribution in [0.3, 0.4) is 0 Å². The minimum Gasteiger partial charge on any atom is -0.354 e. The fourth-order valence-electron chi connectivity index (χ4n) is 1.48. The molecule has 15 heavy (non-hydrogen) atoms. The zero-order chi connectivity index (χ0) is 11.4. The van der Waals surface area contributed by atoms with Gasteiger partial charge in [-0.15, -0.1) is 0 Å². The molecule has 1 aliphatic rings. The fourth-order valence-corrected chi connectivity index (χ4v) is 1.48. The van der Waals surface area contributed by atoms with Crippen LogP contribution in [-0.4, -0.2) is 35.2 Å². The number of hydrogen-bond donors (Lipinski definition) is 1. The van der Waals surface area contributed by atoms with Crippen molar-refractivity contribution in [3.05, 3.63) is 0 Å². The number of rotatable bonds is 4. The fraction of sp³-hybridized carbons (Fsp3) is 0.700. The summed E-state index contributed by atoms with van der Waals surface area (Å²) in [5, 5.41) is 2.71. The zero-order valence-electron chi connectivity index (χ0n) is 9.08. The maximum absolute atomic E-state index is 11.3. The number of imide groups is 1. The van der Waals surface area contributed by atoms with Crippen LogP contribution >= 0.6 is 0 Å². The number of carbonyl (C=O) groups is 3. The topological polar surface area (TPSA) is 66.5 Å². The van der Waals surface area contributed by atoms with Gasteiger partial charge in [0.1, 0.15) is 0 Å². The van der Waals surface area contributed by atoms with Crippen molar-refractivity contribution in [1.29, 1.82) is 0 Å². The molecule has 0 aromatic rings. The summed E-state index contributed by atoms with van der Waals surface area (Å²) in [5.74, 6) is -0.466. The van der Waals surface area contributed by atoms with E-state index in [4.69, 9.17) is 0 Å². The third-order valence-electron chi connectivity index (χ3n) is 2.17. The summed E-state index contributed by atoms with van der Waals surface area (Å²) < 4.78 is 0. The Kier molecular flexibility index (Phi) is 3.82. The van der Waals surface area contributed by atoms with Crippen LogP contribution in [0.2, 0.25) is 0 Å². The molecule has 1 N–H and O–H groups in total. The molecular weight excluding hydrogens is 196 g/mol. The summed E-state index contributed by atoms with van der Waals surface area (Å²) in [7, 11) is 0. The first-order valence-electron chi connectivity index (χ1n) is 5.13. The highest BCUT2D eigenvalue weighted by molar-refractivity contribution is 6.02. The van der Waals surface area contributed by atoms with Gasteiger partial charge in [-0.25, -0.2) is 0 Å². The standard InChI is InChI=1S/C10H16N2O3/c1-7(2)11-8(13)5-6-12-9(14)3-4-10(12)15/h7H,3-6H2,1-2H3,(H,11,13). The van der Waals surface area contributed by atoms with Crippen LogP contribution in [0.4, 0.5) is 0 Å². The molecule has 0 aromatic carbocycles. The van der Waals surface area contributed by atoms with E-state index in [0.717, 1.165) is 0 Å². The summed E-state index contributed by atoms with van der Waals surface area (Å²) in [6.07, 6.45) is 0.755. The van der Waals surface area contributed by atoms with E-state index in [1.165, 1.54) is 4.90 Å². The van der Waals surface area contributed by atoms with Gasteiger partial charge in [0.25, 0.3) is 0 Å². The van der Waals surface area contributed by atoms with Gasteiger partial charge in [-0.1, -0.05) is 0 Å². The molecule has 1 rings (SSSR count). The van der Waals surface area contributed by atoms with Gasteiger partial charge in [0.15, 0.2) is 0 Å². The highest BCUT2D eigenvalue weighted by Gasteiger charge is 2.28. The average Bonchev–Trinajstić information content (AvgIpc) is 2.42. The highest BCUT2D eigenvalue weighted by Crippen LogP contribution is 2.11. The Balaban J connectivity index is 2.33. The molecule has 1 saturated heterocycles. The molecule has 0 aromatic heterocycles. The average molecular weight is 212 g/mol. The van der Waals surface area contributed by atoms with Crippen molar-refractivity contribution in [3.63, 3.8) is 0 Å². The highest BCUT2D eigenvalue weighted by atomic mass is 16.2. The van der Waals surface area contributed by atoms with Crippen molar-refractivity contribution in [2.75, 3.05) is 6.54 Å². The Morgan fingerprint density at radius 2 is 1.87 bits per heavy atom. The molecular formula is C10H16N2O3. The second kappa shape index (κ2) is 4.91. The summed E-state index contributed by atoms with van der Waals surface area (Å²) in [4.78, 5) is 34.8. The van der Waals surface area contributed by atoms with Crippen molar-refractivity contribution >= 4 is 17.7 Å². The first-order chi connectivity index (χ1) is 7.00. The first kappa shape index (κ1) is 11.7. The number of nitrogens with zero attached hydrogens (tertiary/aromatic N) is 1. The molecule has 84 valence electrons. The number of amides is 3. The van der Waals surface area contributed by atoms with E-state index < -0.39 is 0 Å². The van der Waals surface area contributed by atoms with Crippen LogP contribution in [0.1, 0.15) is 33.1 Å². The third kappa shape index (κ3) is 3.34. The van der Waals surface area contributed by atoms with Gasteiger partial charge in [0, 0.05) is 31.8 Å². The van der Waals surface area contributed by atoms with Gasteiger partial charge < -0.3 is 5.32 Å². The van der Waals surface area contributed by atoms with Crippen LogP contribution in [0, 0.1) is 0 Å². The minimum absolute atomic E-state index is 0.0856. The SMILES string of the molecule is CC(C)NC(=O)CCN1C(=O)CCC1=O. The van der Waals surface area contributed by atoms with Crippen LogP contribution < -0.4 is 5.32 Å². The third-order valence-corrected chi connectivity index (χ3v) is 2.17. The lowest BCUT2D eigenvalue weighted by molar-refractivity contribution is -0.138. The van der Waals surface area contributed by atoms with Gasteiger partial charge in [0.05, 0.1) is 0 Å². The molecule has 3 amide bonds. The lowest BCUT2D eigenvalue weighted by Crippen LogP contribution is -2.36. The molecule has 1 aliphatic heterocycles. The van der Waals surface area contributed by atoms with Crippen LogP contribution in [0.5, 0.6) is 0 Å². The Bertz CT molecular complexity index is 270. The zero-order valence-corrected chi connectivity index (χ0v) is 9.08. The minimum atomic E-state index is -0.169. The molecule has 0 aliphatic carbocycles. The second-order valence-corrected chi connectivity index (χ2v) is 3.91. The summed E-state index contributed by atoms with van der Waals surface area (Å²) in [6, 6.07) is 0.0856. The van der Waals surface area contributed by atoms with E-state index in [-0.39, 0.29) is 49.6 Å².